The van der Waals surface area contributed by atoms with Crippen LogP contribution < -0.4 is 0 Å². The Hall–Kier alpha value is -0.570. The Kier molecular flexibility index (Phi) is 6.09. The first-order chi connectivity index (χ1) is 10.0. The molecular formula is C18H34N2O. The van der Waals surface area contributed by atoms with Crippen LogP contribution >= 0.6 is 0 Å². The average molecular weight is 294 g/mol. The fraction of sp³-hybridized carbons (Fsp3) is 0.944. The minimum absolute atomic E-state index is 0.332. The Labute approximate surface area is 131 Å². The molecule has 2 saturated carbocycles. The van der Waals surface area contributed by atoms with Gasteiger partial charge in [-0.05, 0) is 53.4 Å². The zero-order chi connectivity index (χ0) is 15.4. The van der Waals surface area contributed by atoms with Gasteiger partial charge < -0.3 is 4.90 Å². The number of nitrogens with zero attached hydrogens (tertiary/aromatic N) is 2. The maximum Gasteiger partial charge on any atom is 0.237 e. The van der Waals surface area contributed by atoms with Gasteiger partial charge in [-0.2, -0.15) is 0 Å². The Balaban J connectivity index is 2.01. The van der Waals surface area contributed by atoms with E-state index >= 15 is 0 Å². The van der Waals surface area contributed by atoms with Crippen LogP contribution in [0, 0.1) is 0 Å². The molecule has 0 bridgehead atoms. The van der Waals surface area contributed by atoms with E-state index in [2.05, 4.69) is 37.5 Å². The molecule has 0 saturated heterocycles. The number of hydrogen-bond acceptors (Lipinski definition) is 2. The Morgan fingerprint density at radius 1 is 0.857 bits per heavy atom. The molecule has 2 aliphatic rings. The summed E-state index contributed by atoms with van der Waals surface area (Å²) in [7, 11) is 0. The molecule has 1 amide bonds. The molecule has 0 aliphatic heterocycles. The smallest absolute Gasteiger partial charge is 0.237 e. The summed E-state index contributed by atoms with van der Waals surface area (Å²) in [5.41, 5.74) is 0. The van der Waals surface area contributed by atoms with Crippen molar-refractivity contribution in [2.75, 3.05) is 6.54 Å². The van der Waals surface area contributed by atoms with Gasteiger partial charge >= 0.3 is 0 Å². The van der Waals surface area contributed by atoms with E-state index in [1.54, 1.807) is 0 Å². The number of hydrogen-bond donors (Lipinski definition) is 0. The lowest BCUT2D eigenvalue weighted by atomic mass is 10.1. The fourth-order valence-corrected chi connectivity index (χ4v) is 4.30. The van der Waals surface area contributed by atoms with Crippen LogP contribution in [0.5, 0.6) is 0 Å². The van der Waals surface area contributed by atoms with Gasteiger partial charge in [0.05, 0.1) is 6.54 Å². The summed E-state index contributed by atoms with van der Waals surface area (Å²) in [6.45, 7) is 9.44. The molecule has 0 heterocycles. The molecule has 0 spiro atoms. The number of carbonyl (C=O) groups is 1. The molecular weight excluding hydrogens is 260 g/mol. The zero-order valence-corrected chi connectivity index (χ0v) is 14.5. The van der Waals surface area contributed by atoms with Crippen molar-refractivity contribution < 1.29 is 4.79 Å². The first-order valence-corrected chi connectivity index (χ1v) is 9.07. The highest BCUT2D eigenvalue weighted by Crippen LogP contribution is 2.28. The van der Waals surface area contributed by atoms with Gasteiger partial charge in [0.1, 0.15) is 0 Å². The van der Waals surface area contributed by atoms with E-state index in [1.807, 2.05) is 0 Å². The van der Waals surface area contributed by atoms with Gasteiger partial charge in [0.25, 0.3) is 0 Å². The van der Waals surface area contributed by atoms with Gasteiger partial charge in [0, 0.05) is 24.2 Å². The van der Waals surface area contributed by atoms with Crippen LogP contribution in [0.1, 0.15) is 79.1 Å². The van der Waals surface area contributed by atoms with Gasteiger partial charge in [-0.3, -0.25) is 9.69 Å². The third kappa shape index (κ3) is 4.21. The highest BCUT2D eigenvalue weighted by Gasteiger charge is 2.32. The predicted molar refractivity (Wildman–Crippen MR) is 88.3 cm³/mol. The van der Waals surface area contributed by atoms with Gasteiger partial charge in [-0.15, -0.1) is 0 Å². The molecule has 0 aromatic carbocycles. The van der Waals surface area contributed by atoms with Gasteiger partial charge in [-0.1, -0.05) is 25.7 Å². The van der Waals surface area contributed by atoms with E-state index in [9.17, 15) is 4.79 Å². The van der Waals surface area contributed by atoms with Crippen molar-refractivity contribution in [2.24, 2.45) is 0 Å². The molecule has 0 aromatic heterocycles. The van der Waals surface area contributed by atoms with Crippen molar-refractivity contribution in [3.05, 3.63) is 0 Å². The molecule has 0 unspecified atom stereocenters. The molecule has 2 aliphatic carbocycles. The Morgan fingerprint density at radius 2 is 1.33 bits per heavy atom. The number of rotatable bonds is 6. The van der Waals surface area contributed by atoms with Crippen LogP contribution in [-0.4, -0.2) is 46.4 Å². The van der Waals surface area contributed by atoms with E-state index in [1.165, 1.54) is 51.4 Å². The average Bonchev–Trinajstić information content (AvgIpc) is 3.08. The van der Waals surface area contributed by atoms with E-state index in [0.717, 1.165) is 0 Å². The van der Waals surface area contributed by atoms with Crippen molar-refractivity contribution in [3.63, 3.8) is 0 Å². The Morgan fingerprint density at radius 3 is 1.76 bits per heavy atom. The van der Waals surface area contributed by atoms with Crippen LogP contribution in [-0.2, 0) is 4.79 Å². The standard InChI is InChI=1S/C18H34N2O/c1-14(2)19(16-9-5-6-10-16)13-18(21)20(15(3)4)17-11-7-8-12-17/h14-17H,5-13H2,1-4H3. The summed E-state index contributed by atoms with van der Waals surface area (Å²) in [5.74, 6) is 0.359. The van der Waals surface area contributed by atoms with Crippen molar-refractivity contribution in [3.8, 4) is 0 Å². The third-order valence-electron chi connectivity index (χ3n) is 5.34. The van der Waals surface area contributed by atoms with Gasteiger partial charge in [0.15, 0.2) is 0 Å². The molecule has 122 valence electrons. The maximum absolute atomic E-state index is 12.9. The van der Waals surface area contributed by atoms with Gasteiger partial charge in [-0.25, -0.2) is 0 Å². The second-order valence-electron chi connectivity index (χ2n) is 7.54. The number of amides is 1. The lowest BCUT2D eigenvalue weighted by molar-refractivity contribution is -0.137. The highest BCUT2D eigenvalue weighted by molar-refractivity contribution is 5.79. The van der Waals surface area contributed by atoms with Crippen LogP contribution in [0.4, 0.5) is 0 Å². The first-order valence-electron chi connectivity index (χ1n) is 9.07. The van der Waals surface area contributed by atoms with Crippen molar-refractivity contribution in [2.45, 2.75) is 103 Å². The van der Waals surface area contributed by atoms with Crippen molar-refractivity contribution in [1.82, 2.24) is 9.80 Å². The summed E-state index contributed by atoms with van der Waals surface area (Å²) in [5, 5.41) is 0. The highest BCUT2D eigenvalue weighted by atomic mass is 16.2. The third-order valence-corrected chi connectivity index (χ3v) is 5.34. The van der Waals surface area contributed by atoms with E-state index < -0.39 is 0 Å². The summed E-state index contributed by atoms with van der Waals surface area (Å²) >= 11 is 0. The molecule has 0 aromatic rings. The van der Waals surface area contributed by atoms with Crippen LogP contribution in [0.15, 0.2) is 0 Å². The Bertz CT molecular complexity index is 328. The molecule has 0 radical (unpaired) electrons. The number of carbonyl (C=O) groups excluding carboxylic acids is 1. The minimum atomic E-state index is 0.332. The summed E-state index contributed by atoms with van der Waals surface area (Å²) in [6, 6.07) is 1.93. The minimum Gasteiger partial charge on any atom is -0.336 e. The van der Waals surface area contributed by atoms with Crippen LogP contribution in [0.25, 0.3) is 0 Å². The monoisotopic (exact) mass is 294 g/mol. The topological polar surface area (TPSA) is 23.6 Å². The molecule has 0 N–H and O–H groups in total. The van der Waals surface area contributed by atoms with Gasteiger partial charge in [0.2, 0.25) is 5.91 Å². The molecule has 21 heavy (non-hydrogen) atoms. The predicted octanol–water partition coefficient (Wildman–Crippen LogP) is 3.82. The SMILES string of the molecule is CC(C)N(CC(=O)N(C(C)C)C1CCCC1)C1CCCC1. The lowest BCUT2D eigenvalue weighted by Crippen LogP contribution is -2.51. The van der Waals surface area contributed by atoms with E-state index in [4.69, 9.17) is 0 Å². The van der Waals surface area contributed by atoms with Crippen LogP contribution in [0.2, 0.25) is 0 Å². The fourth-order valence-electron chi connectivity index (χ4n) is 4.30. The molecule has 3 heteroatoms. The van der Waals surface area contributed by atoms with Crippen molar-refractivity contribution >= 4 is 5.91 Å². The molecule has 3 nitrogen and oxygen atoms in total. The van der Waals surface area contributed by atoms with Crippen LogP contribution in [0.3, 0.4) is 0 Å². The summed E-state index contributed by atoms with van der Waals surface area (Å²) < 4.78 is 0. The van der Waals surface area contributed by atoms with E-state index in [-0.39, 0.29) is 0 Å². The second-order valence-corrected chi connectivity index (χ2v) is 7.54. The first kappa shape index (κ1) is 16.8. The summed E-state index contributed by atoms with van der Waals surface area (Å²) in [4.78, 5) is 17.6. The van der Waals surface area contributed by atoms with Crippen molar-refractivity contribution in [1.29, 1.82) is 0 Å². The molecule has 0 atom stereocenters. The maximum atomic E-state index is 12.9. The quantitative estimate of drug-likeness (QED) is 0.743. The zero-order valence-electron chi connectivity index (χ0n) is 14.5. The largest absolute Gasteiger partial charge is 0.336 e. The molecule has 2 fully saturated rings. The lowest BCUT2D eigenvalue weighted by Gasteiger charge is -2.38. The van der Waals surface area contributed by atoms with E-state index in [0.29, 0.717) is 36.6 Å². The normalized spacial score (nSPS) is 21.1. The second kappa shape index (κ2) is 7.62. The molecule has 2 rings (SSSR count). The summed E-state index contributed by atoms with van der Waals surface area (Å²) in [6.07, 6.45) is 10.2.